The van der Waals surface area contributed by atoms with Gasteiger partial charge in [-0.25, -0.2) is 4.98 Å². The zero-order valence-corrected chi connectivity index (χ0v) is 13.1. The number of furan rings is 1. The van der Waals surface area contributed by atoms with Crippen LogP contribution in [0, 0.1) is 6.92 Å². The van der Waals surface area contributed by atoms with Crippen molar-refractivity contribution < 1.29 is 9.15 Å². The van der Waals surface area contributed by atoms with Crippen LogP contribution in [0.15, 0.2) is 35.3 Å². The van der Waals surface area contributed by atoms with E-state index in [-0.39, 0.29) is 5.60 Å². The normalized spacial score (nSPS) is 29.4. The molecule has 2 unspecified atom stereocenters. The van der Waals surface area contributed by atoms with Crippen molar-refractivity contribution in [3.8, 4) is 0 Å². The molecule has 0 aliphatic carbocycles. The van der Waals surface area contributed by atoms with Crippen LogP contribution in [0.4, 0.5) is 0 Å². The van der Waals surface area contributed by atoms with Gasteiger partial charge < -0.3 is 13.7 Å². The second kappa shape index (κ2) is 5.56. The lowest BCUT2D eigenvalue weighted by molar-refractivity contribution is -0.0546. The van der Waals surface area contributed by atoms with Crippen LogP contribution in [0.1, 0.15) is 36.8 Å². The lowest BCUT2D eigenvalue weighted by Crippen LogP contribution is -2.47. The zero-order valence-electron chi connectivity index (χ0n) is 13.1. The fraction of sp³-hybridized carbons (Fsp3) is 0.588. The summed E-state index contributed by atoms with van der Waals surface area (Å²) in [5.74, 6) is 2.04. The molecule has 5 heteroatoms. The fourth-order valence-corrected chi connectivity index (χ4v) is 3.90. The standard InChI is InChI=1S/C17H23N3O2/c1-14-3-4-16(22-14)10-19-7-2-5-17(12-19)9-15(11-21-17)20-8-6-18-13-20/h3-4,6,8,13,15H,2,5,7,9-12H2,1H3. The predicted octanol–water partition coefficient (Wildman–Crippen LogP) is 2.78. The Morgan fingerprint density at radius 3 is 3.14 bits per heavy atom. The molecule has 0 bridgehead atoms. The first-order valence-electron chi connectivity index (χ1n) is 8.12. The number of piperidine rings is 1. The van der Waals surface area contributed by atoms with Crippen molar-refractivity contribution in [1.82, 2.24) is 14.5 Å². The summed E-state index contributed by atoms with van der Waals surface area (Å²) in [6, 6.07) is 4.55. The molecular formula is C17H23N3O2. The third-order valence-corrected chi connectivity index (χ3v) is 4.93. The summed E-state index contributed by atoms with van der Waals surface area (Å²) in [6.45, 7) is 5.80. The molecule has 22 heavy (non-hydrogen) atoms. The van der Waals surface area contributed by atoms with Crippen molar-refractivity contribution in [2.75, 3.05) is 19.7 Å². The molecule has 4 heterocycles. The molecule has 0 N–H and O–H groups in total. The maximum atomic E-state index is 6.27. The minimum Gasteiger partial charge on any atom is -0.465 e. The zero-order chi connectivity index (χ0) is 15.0. The molecule has 2 fully saturated rings. The molecule has 2 aliphatic heterocycles. The first-order valence-corrected chi connectivity index (χ1v) is 8.12. The van der Waals surface area contributed by atoms with Crippen molar-refractivity contribution in [2.24, 2.45) is 0 Å². The Balaban J connectivity index is 1.42. The topological polar surface area (TPSA) is 43.4 Å². The highest BCUT2D eigenvalue weighted by atomic mass is 16.5. The number of hydrogen-bond donors (Lipinski definition) is 0. The quantitative estimate of drug-likeness (QED) is 0.874. The van der Waals surface area contributed by atoms with Crippen LogP contribution in [0.25, 0.3) is 0 Å². The molecule has 0 aromatic carbocycles. The minimum atomic E-state index is 0.00875. The molecule has 2 atom stereocenters. The summed E-state index contributed by atoms with van der Waals surface area (Å²) < 4.78 is 14.2. The van der Waals surface area contributed by atoms with Crippen LogP contribution in [0.5, 0.6) is 0 Å². The molecule has 0 saturated carbocycles. The summed E-state index contributed by atoms with van der Waals surface area (Å²) in [5, 5.41) is 0. The highest BCUT2D eigenvalue weighted by Gasteiger charge is 2.43. The number of imidazole rings is 1. The van der Waals surface area contributed by atoms with Crippen LogP contribution in [0.2, 0.25) is 0 Å². The van der Waals surface area contributed by atoms with Gasteiger partial charge in [0.2, 0.25) is 0 Å². The molecule has 0 radical (unpaired) electrons. The molecule has 0 amide bonds. The Hall–Kier alpha value is -1.59. The van der Waals surface area contributed by atoms with Gasteiger partial charge in [-0.15, -0.1) is 0 Å². The van der Waals surface area contributed by atoms with E-state index in [1.807, 2.05) is 31.7 Å². The number of aryl methyl sites for hydroxylation is 1. The minimum absolute atomic E-state index is 0.00875. The molecular weight excluding hydrogens is 278 g/mol. The SMILES string of the molecule is Cc1ccc(CN2CCCC3(CC(n4ccnc4)CO3)C2)o1. The van der Waals surface area contributed by atoms with E-state index in [0.717, 1.165) is 50.6 Å². The average molecular weight is 301 g/mol. The van der Waals surface area contributed by atoms with Gasteiger partial charge in [-0.2, -0.15) is 0 Å². The van der Waals surface area contributed by atoms with Gasteiger partial charge >= 0.3 is 0 Å². The van der Waals surface area contributed by atoms with Gasteiger partial charge in [0.05, 0.1) is 31.1 Å². The second-order valence-corrected chi connectivity index (χ2v) is 6.69. The maximum Gasteiger partial charge on any atom is 0.118 e. The van der Waals surface area contributed by atoms with E-state index >= 15 is 0 Å². The number of nitrogens with zero attached hydrogens (tertiary/aromatic N) is 3. The summed E-state index contributed by atoms with van der Waals surface area (Å²) in [5.41, 5.74) is 0.00875. The van der Waals surface area contributed by atoms with E-state index < -0.39 is 0 Å². The molecule has 2 aromatic heterocycles. The van der Waals surface area contributed by atoms with Gasteiger partial charge in [-0.3, -0.25) is 4.90 Å². The van der Waals surface area contributed by atoms with Crippen molar-refractivity contribution in [1.29, 1.82) is 0 Å². The summed E-state index contributed by atoms with van der Waals surface area (Å²) in [4.78, 5) is 6.63. The number of aromatic nitrogens is 2. The van der Waals surface area contributed by atoms with Gasteiger partial charge in [-0.1, -0.05) is 0 Å². The fourth-order valence-electron chi connectivity index (χ4n) is 3.90. The largest absolute Gasteiger partial charge is 0.465 e. The number of likely N-dealkylation sites (tertiary alicyclic amines) is 1. The Morgan fingerprint density at radius 2 is 2.36 bits per heavy atom. The Bertz CT molecular complexity index is 622. The van der Waals surface area contributed by atoms with Crippen molar-refractivity contribution in [2.45, 2.75) is 44.4 Å². The molecule has 2 aromatic rings. The van der Waals surface area contributed by atoms with Crippen LogP contribution in [-0.2, 0) is 11.3 Å². The molecule has 5 nitrogen and oxygen atoms in total. The molecule has 4 rings (SSSR count). The third-order valence-electron chi connectivity index (χ3n) is 4.93. The van der Waals surface area contributed by atoms with Gasteiger partial charge in [0.25, 0.3) is 0 Å². The smallest absolute Gasteiger partial charge is 0.118 e. The van der Waals surface area contributed by atoms with E-state index in [1.165, 1.54) is 6.42 Å². The second-order valence-electron chi connectivity index (χ2n) is 6.69. The number of ether oxygens (including phenoxy) is 1. The Kier molecular flexibility index (Phi) is 3.54. The lowest BCUT2D eigenvalue weighted by Gasteiger charge is -2.39. The summed E-state index contributed by atoms with van der Waals surface area (Å²) in [7, 11) is 0. The summed E-state index contributed by atoms with van der Waals surface area (Å²) >= 11 is 0. The first kappa shape index (κ1) is 14.0. The molecule has 2 saturated heterocycles. The van der Waals surface area contributed by atoms with Gasteiger partial charge in [0, 0.05) is 25.4 Å². The van der Waals surface area contributed by atoms with Crippen molar-refractivity contribution in [3.05, 3.63) is 42.4 Å². The monoisotopic (exact) mass is 301 g/mol. The van der Waals surface area contributed by atoms with Crippen LogP contribution in [0.3, 0.4) is 0 Å². The van der Waals surface area contributed by atoms with Crippen molar-refractivity contribution >= 4 is 0 Å². The van der Waals surface area contributed by atoms with Gasteiger partial charge in [0.15, 0.2) is 0 Å². The average Bonchev–Trinajstić information content (AvgIpc) is 3.21. The van der Waals surface area contributed by atoms with Crippen LogP contribution in [-0.4, -0.2) is 39.7 Å². The van der Waals surface area contributed by atoms with Crippen molar-refractivity contribution in [3.63, 3.8) is 0 Å². The highest BCUT2D eigenvalue weighted by Crippen LogP contribution is 2.39. The number of hydrogen-bond acceptors (Lipinski definition) is 4. The van der Waals surface area contributed by atoms with E-state index in [4.69, 9.17) is 9.15 Å². The van der Waals surface area contributed by atoms with Gasteiger partial charge in [0.1, 0.15) is 11.5 Å². The molecule has 2 aliphatic rings. The van der Waals surface area contributed by atoms with E-state index in [1.54, 1.807) is 0 Å². The van der Waals surface area contributed by atoms with E-state index in [2.05, 4.69) is 20.5 Å². The first-order chi connectivity index (χ1) is 10.7. The van der Waals surface area contributed by atoms with E-state index in [0.29, 0.717) is 6.04 Å². The highest BCUT2D eigenvalue weighted by molar-refractivity contribution is 5.06. The van der Waals surface area contributed by atoms with Crippen LogP contribution >= 0.6 is 0 Å². The maximum absolute atomic E-state index is 6.27. The Morgan fingerprint density at radius 1 is 1.41 bits per heavy atom. The van der Waals surface area contributed by atoms with E-state index in [9.17, 15) is 0 Å². The number of rotatable bonds is 3. The Labute approximate surface area is 130 Å². The lowest BCUT2D eigenvalue weighted by atomic mass is 9.88. The molecule has 118 valence electrons. The molecule has 1 spiro atoms. The predicted molar refractivity (Wildman–Crippen MR) is 82.5 cm³/mol. The van der Waals surface area contributed by atoms with Gasteiger partial charge in [-0.05, 0) is 38.4 Å². The summed E-state index contributed by atoms with van der Waals surface area (Å²) in [6.07, 6.45) is 9.22. The third kappa shape index (κ3) is 2.71. The van der Waals surface area contributed by atoms with Crippen LogP contribution < -0.4 is 0 Å².